The maximum atomic E-state index is 10.1. The molecule has 6 heteroatoms. The van der Waals surface area contributed by atoms with E-state index in [1.807, 2.05) is 0 Å². The first-order valence-corrected chi connectivity index (χ1v) is 3.95. The minimum atomic E-state index is -3.42. The third-order valence-corrected chi connectivity index (χ3v) is 1.39. The minimum absolute atomic E-state index is 0.0718. The second-order valence-electron chi connectivity index (χ2n) is 1.44. The second kappa shape index (κ2) is 3.41. The van der Waals surface area contributed by atoms with Crippen molar-refractivity contribution in [2.24, 2.45) is 5.14 Å². The summed E-state index contributed by atoms with van der Waals surface area (Å²) in [7, 11) is -3.42. The highest BCUT2D eigenvalue weighted by molar-refractivity contribution is 7.89. The number of carbonyl (C=O) groups excluding carboxylic acids is 1. The van der Waals surface area contributed by atoms with Crippen molar-refractivity contribution in [3.8, 4) is 0 Å². The predicted octanol–water partition coefficient (Wildman–Crippen LogP) is -1.98. The molecule has 0 aromatic rings. The summed E-state index contributed by atoms with van der Waals surface area (Å²) in [5.41, 5.74) is 0. The molecule has 1 amide bonds. The molecule has 54 valence electrons. The summed E-state index contributed by atoms with van der Waals surface area (Å²) in [6.07, 6.45) is 0.422. The van der Waals surface area contributed by atoms with Crippen LogP contribution < -0.4 is 10.5 Å². The normalized spacial score (nSPS) is 10.8. The van der Waals surface area contributed by atoms with Crippen molar-refractivity contribution in [2.45, 2.75) is 0 Å². The monoisotopic (exact) mass is 152 g/mol. The minimum Gasteiger partial charge on any atom is -0.358 e. The molecule has 0 aromatic heterocycles. The van der Waals surface area contributed by atoms with Crippen molar-refractivity contribution in [1.82, 2.24) is 5.32 Å². The third-order valence-electron chi connectivity index (χ3n) is 0.614. The van der Waals surface area contributed by atoms with Crippen molar-refractivity contribution in [2.75, 3.05) is 12.3 Å². The van der Waals surface area contributed by atoms with Crippen LogP contribution in [-0.2, 0) is 14.8 Å². The Hall–Kier alpha value is -0.620. The van der Waals surface area contributed by atoms with Crippen molar-refractivity contribution >= 4 is 16.4 Å². The van der Waals surface area contributed by atoms with Crippen molar-refractivity contribution in [3.63, 3.8) is 0 Å². The molecule has 0 fully saturated rings. The molecule has 0 rings (SSSR count). The molecule has 0 aliphatic rings. The Morgan fingerprint density at radius 2 is 2.11 bits per heavy atom. The Balaban J connectivity index is 3.40. The van der Waals surface area contributed by atoms with Gasteiger partial charge in [-0.3, -0.25) is 4.79 Å². The van der Waals surface area contributed by atoms with Crippen LogP contribution >= 0.6 is 0 Å². The summed E-state index contributed by atoms with van der Waals surface area (Å²) in [4.78, 5) is 9.54. The standard InChI is InChI=1S/C3H8N2O3S/c4-9(7,8)2-1-5-3-6/h3H,1-2H2,(H,5,6)(H2,4,7,8). The van der Waals surface area contributed by atoms with Crippen LogP contribution in [0.4, 0.5) is 0 Å². The Kier molecular flexibility index (Phi) is 3.18. The van der Waals surface area contributed by atoms with Gasteiger partial charge in [-0.25, -0.2) is 13.6 Å². The molecule has 3 N–H and O–H groups in total. The molecule has 0 saturated heterocycles. The summed E-state index contributed by atoms with van der Waals surface area (Å²) in [5, 5.41) is 6.76. The molecule has 0 atom stereocenters. The zero-order chi connectivity index (χ0) is 7.33. The highest BCUT2D eigenvalue weighted by Crippen LogP contribution is 1.71. The van der Waals surface area contributed by atoms with Gasteiger partial charge >= 0.3 is 0 Å². The van der Waals surface area contributed by atoms with E-state index in [0.29, 0.717) is 6.41 Å². The van der Waals surface area contributed by atoms with Crippen LogP contribution in [0.25, 0.3) is 0 Å². The van der Waals surface area contributed by atoms with E-state index < -0.39 is 10.0 Å². The van der Waals surface area contributed by atoms with Gasteiger partial charge in [0.2, 0.25) is 16.4 Å². The van der Waals surface area contributed by atoms with Crippen LogP contribution in [0.15, 0.2) is 0 Å². The fourth-order valence-corrected chi connectivity index (χ4v) is 0.662. The van der Waals surface area contributed by atoms with Gasteiger partial charge in [-0.2, -0.15) is 0 Å². The van der Waals surface area contributed by atoms with Gasteiger partial charge in [0.25, 0.3) is 0 Å². The number of nitrogens with one attached hydrogen (secondary N) is 1. The van der Waals surface area contributed by atoms with Gasteiger partial charge in [0.05, 0.1) is 5.75 Å². The largest absolute Gasteiger partial charge is 0.358 e. The highest BCUT2D eigenvalue weighted by atomic mass is 32.2. The van der Waals surface area contributed by atoms with E-state index in [1.165, 1.54) is 0 Å². The number of carbonyl (C=O) groups is 1. The van der Waals surface area contributed by atoms with E-state index in [0.717, 1.165) is 0 Å². The van der Waals surface area contributed by atoms with Gasteiger partial charge in [0.1, 0.15) is 0 Å². The van der Waals surface area contributed by atoms with Gasteiger partial charge in [0.15, 0.2) is 0 Å². The van der Waals surface area contributed by atoms with E-state index in [2.05, 4.69) is 10.5 Å². The van der Waals surface area contributed by atoms with Crippen molar-refractivity contribution in [1.29, 1.82) is 0 Å². The lowest BCUT2D eigenvalue weighted by molar-refractivity contribution is -0.109. The Bertz CT molecular complexity index is 173. The topological polar surface area (TPSA) is 89.3 Å². The summed E-state index contributed by atoms with van der Waals surface area (Å²) in [6.45, 7) is 0.0718. The number of hydrogen-bond donors (Lipinski definition) is 2. The molecule has 5 nitrogen and oxygen atoms in total. The van der Waals surface area contributed by atoms with Crippen molar-refractivity contribution in [3.05, 3.63) is 0 Å². The summed E-state index contributed by atoms with van der Waals surface area (Å²) < 4.78 is 20.3. The first-order chi connectivity index (χ1) is 4.06. The van der Waals surface area contributed by atoms with Crippen LogP contribution in [0.5, 0.6) is 0 Å². The molecule has 0 aliphatic heterocycles. The second-order valence-corrected chi connectivity index (χ2v) is 3.17. The fourth-order valence-electron chi connectivity index (χ4n) is 0.260. The highest BCUT2D eigenvalue weighted by Gasteiger charge is 1.98. The number of rotatable bonds is 4. The zero-order valence-corrected chi connectivity index (χ0v) is 5.52. The summed E-state index contributed by atoms with van der Waals surface area (Å²) in [6, 6.07) is 0. The van der Waals surface area contributed by atoms with Crippen LogP contribution in [0, 0.1) is 0 Å². The molecule has 0 unspecified atom stereocenters. The van der Waals surface area contributed by atoms with E-state index in [-0.39, 0.29) is 12.3 Å². The molecule has 9 heavy (non-hydrogen) atoms. The van der Waals surface area contributed by atoms with E-state index >= 15 is 0 Å². The smallest absolute Gasteiger partial charge is 0.210 e. The average Bonchev–Trinajstić information content (AvgIpc) is 1.63. The number of primary sulfonamides is 1. The molecule has 0 bridgehead atoms. The van der Waals surface area contributed by atoms with Crippen LogP contribution in [0.2, 0.25) is 0 Å². The third kappa shape index (κ3) is 7.38. The van der Waals surface area contributed by atoms with Gasteiger partial charge in [0, 0.05) is 6.54 Å². The maximum absolute atomic E-state index is 10.1. The average molecular weight is 152 g/mol. The first kappa shape index (κ1) is 8.38. The van der Waals surface area contributed by atoms with Gasteiger partial charge in [-0.15, -0.1) is 0 Å². The molecule has 0 heterocycles. The van der Waals surface area contributed by atoms with Gasteiger partial charge in [-0.1, -0.05) is 0 Å². The Labute approximate surface area is 53.3 Å². The molecule has 0 aromatic carbocycles. The van der Waals surface area contributed by atoms with E-state index in [9.17, 15) is 13.2 Å². The number of nitrogens with two attached hydrogens (primary N) is 1. The molecular formula is C3H8N2O3S. The van der Waals surface area contributed by atoms with E-state index in [1.54, 1.807) is 0 Å². The number of hydrogen-bond acceptors (Lipinski definition) is 3. The predicted molar refractivity (Wildman–Crippen MR) is 32.0 cm³/mol. The Morgan fingerprint density at radius 3 is 2.44 bits per heavy atom. The fraction of sp³-hybridized carbons (Fsp3) is 0.667. The summed E-state index contributed by atoms with van der Waals surface area (Å²) in [5.74, 6) is -0.217. The zero-order valence-electron chi connectivity index (χ0n) is 4.70. The molecule has 0 radical (unpaired) electrons. The molecule has 0 saturated carbocycles. The lowest BCUT2D eigenvalue weighted by Crippen LogP contribution is -2.26. The maximum Gasteiger partial charge on any atom is 0.210 e. The van der Waals surface area contributed by atoms with Crippen molar-refractivity contribution < 1.29 is 13.2 Å². The Morgan fingerprint density at radius 1 is 1.56 bits per heavy atom. The van der Waals surface area contributed by atoms with Gasteiger partial charge < -0.3 is 5.32 Å². The first-order valence-electron chi connectivity index (χ1n) is 2.24. The molecule has 0 aliphatic carbocycles. The molecule has 0 spiro atoms. The molecular weight excluding hydrogens is 144 g/mol. The quantitative estimate of drug-likeness (QED) is 0.361. The van der Waals surface area contributed by atoms with Gasteiger partial charge in [-0.05, 0) is 0 Å². The number of sulfonamides is 1. The van der Waals surface area contributed by atoms with Crippen LogP contribution in [0.3, 0.4) is 0 Å². The lowest BCUT2D eigenvalue weighted by atomic mass is 10.8. The summed E-state index contributed by atoms with van der Waals surface area (Å²) >= 11 is 0. The van der Waals surface area contributed by atoms with Crippen LogP contribution in [-0.4, -0.2) is 27.1 Å². The SMILES string of the molecule is NS(=O)(=O)CCNC=O. The van der Waals surface area contributed by atoms with Crippen LogP contribution in [0.1, 0.15) is 0 Å². The van der Waals surface area contributed by atoms with E-state index in [4.69, 9.17) is 0 Å². The number of amides is 1. The lowest BCUT2D eigenvalue weighted by Gasteiger charge is -1.93.